The summed E-state index contributed by atoms with van der Waals surface area (Å²) in [5, 5.41) is 9.27. The first-order valence-electron chi connectivity index (χ1n) is 4.28. The summed E-state index contributed by atoms with van der Waals surface area (Å²) < 4.78 is 1.02. The molecular formula is C10H7BrN2OS. The Balaban J connectivity index is 2.11. The zero-order valence-corrected chi connectivity index (χ0v) is 10.1. The van der Waals surface area contributed by atoms with Crippen molar-refractivity contribution in [2.45, 2.75) is 6.42 Å². The molecule has 0 amide bonds. The first kappa shape index (κ1) is 10.4. The summed E-state index contributed by atoms with van der Waals surface area (Å²) in [5.74, 6) is 0.0688. The molecular weight excluding hydrogens is 276 g/mol. The van der Waals surface area contributed by atoms with Gasteiger partial charge in [0.2, 0.25) is 0 Å². The van der Waals surface area contributed by atoms with Gasteiger partial charge >= 0.3 is 0 Å². The second-order valence-corrected chi connectivity index (χ2v) is 4.87. The van der Waals surface area contributed by atoms with Gasteiger partial charge in [-0.3, -0.25) is 4.79 Å². The lowest BCUT2D eigenvalue weighted by molar-refractivity contribution is 0.0993. The lowest BCUT2D eigenvalue weighted by Gasteiger charge is -1.96. The number of rotatable bonds is 3. The molecule has 2 heterocycles. The van der Waals surface area contributed by atoms with Crippen LogP contribution in [0.2, 0.25) is 0 Å². The molecule has 2 rings (SSSR count). The second kappa shape index (κ2) is 4.63. The smallest absolute Gasteiger partial charge is 0.169 e. The molecule has 0 bridgehead atoms. The minimum absolute atomic E-state index is 0.0688. The number of ketones is 1. The van der Waals surface area contributed by atoms with E-state index < -0.39 is 0 Å². The molecule has 0 spiro atoms. The third kappa shape index (κ3) is 2.70. The Kier molecular flexibility index (Phi) is 3.23. The predicted octanol–water partition coefficient (Wildman–Crippen LogP) is 2.73. The van der Waals surface area contributed by atoms with Crippen LogP contribution in [-0.4, -0.2) is 16.0 Å². The number of carbonyl (C=O) groups is 1. The van der Waals surface area contributed by atoms with Gasteiger partial charge in [0.05, 0.1) is 12.4 Å². The van der Waals surface area contributed by atoms with E-state index in [4.69, 9.17) is 0 Å². The first-order valence-corrected chi connectivity index (χ1v) is 5.96. The van der Waals surface area contributed by atoms with Crippen molar-refractivity contribution in [2.24, 2.45) is 0 Å². The minimum atomic E-state index is 0.0688. The number of aromatic nitrogens is 2. The Morgan fingerprint density at radius 3 is 2.93 bits per heavy atom. The second-order valence-electron chi connectivity index (χ2n) is 2.96. The molecule has 2 aromatic rings. The molecule has 15 heavy (non-hydrogen) atoms. The summed E-state index contributed by atoms with van der Waals surface area (Å²) in [4.78, 5) is 12.8. The van der Waals surface area contributed by atoms with Gasteiger partial charge < -0.3 is 0 Å². The standard InChI is InChI=1S/C10H7BrN2OS/c11-8-3-9(15-6-8)4-10(14)7-1-2-12-13-5-7/h1-3,5-6H,4H2. The van der Waals surface area contributed by atoms with Crippen molar-refractivity contribution in [3.05, 3.63) is 44.8 Å². The van der Waals surface area contributed by atoms with E-state index in [9.17, 15) is 4.79 Å². The lowest BCUT2D eigenvalue weighted by atomic mass is 10.1. The SMILES string of the molecule is O=C(Cc1cc(Br)cs1)c1ccnnc1. The van der Waals surface area contributed by atoms with Crippen LogP contribution in [0.15, 0.2) is 34.4 Å². The van der Waals surface area contributed by atoms with Crippen LogP contribution < -0.4 is 0 Å². The molecule has 0 radical (unpaired) electrons. The zero-order valence-electron chi connectivity index (χ0n) is 7.68. The normalized spacial score (nSPS) is 10.2. The van der Waals surface area contributed by atoms with E-state index in [1.54, 1.807) is 17.4 Å². The summed E-state index contributed by atoms with van der Waals surface area (Å²) in [6.45, 7) is 0. The number of nitrogens with zero attached hydrogens (tertiary/aromatic N) is 2. The van der Waals surface area contributed by atoms with Crippen LogP contribution in [0.4, 0.5) is 0 Å². The van der Waals surface area contributed by atoms with Crippen molar-refractivity contribution in [1.82, 2.24) is 10.2 Å². The van der Waals surface area contributed by atoms with Gasteiger partial charge in [-0.2, -0.15) is 10.2 Å². The Morgan fingerprint density at radius 2 is 2.33 bits per heavy atom. The van der Waals surface area contributed by atoms with Gasteiger partial charge in [0.25, 0.3) is 0 Å². The molecule has 0 saturated carbocycles. The summed E-state index contributed by atoms with van der Waals surface area (Å²) in [7, 11) is 0. The highest BCUT2D eigenvalue weighted by molar-refractivity contribution is 9.10. The molecule has 0 aromatic carbocycles. The van der Waals surface area contributed by atoms with Crippen molar-refractivity contribution >= 4 is 33.0 Å². The highest BCUT2D eigenvalue weighted by Gasteiger charge is 2.08. The molecule has 0 aliphatic carbocycles. The lowest BCUT2D eigenvalue weighted by Crippen LogP contribution is -2.02. The van der Waals surface area contributed by atoms with Gasteiger partial charge in [0, 0.05) is 26.7 Å². The van der Waals surface area contributed by atoms with Crippen molar-refractivity contribution in [3.63, 3.8) is 0 Å². The van der Waals surface area contributed by atoms with Crippen molar-refractivity contribution < 1.29 is 4.79 Å². The molecule has 5 heteroatoms. The molecule has 0 atom stereocenters. The van der Waals surface area contributed by atoms with E-state index in [1.807, 2.05) is 11.4 Å². The number of thiophene rings is 1. The van der Waals surface area contributed by atoms with Gasteiger partial charge in [0.1, 0.15) is 0 Å². The topological polar surface area (TPSA) is 42.9 Å². The van der Waals surface area contributed by atoms with Gasteiger partial charge in [-0.25, -0.2) is 0 Å². The zero-order chi connectivity index (χ0) is 10.7. The number of hydrogen-bond donors (Lipinski definition) is 0. The Labute approximate surface area is 99.3 Å². The van der Waals surface area contributed by atoms with Crippen LogP contribution >= 0.6 is 27.3 Å². The molecule has 0 aliphatic rings. The summed E-state index contributed by atoms with van der Waals surface area (Å²) in [6.07, 6.45) is 3.44. The highest BCUT2D eigenvalue weighted by Crippen LogP contribution is 2.21. The molecule has 0 aliphatic heterocycles. The van der Waals surface area contributed by atoms with Gasteiger partial charge in [-0.05, 0) is 28.1 Å². The van der Waals surface area contributed by atoms with E-state index in [1.165, 1.54) is 12.4 Å². The van der Waals surface area contributed by atoms with E-state index in [-0.39, 0.29) is 5.78 Å². The Morgan fingerprint density at radius 1 is 1.47 bits per heavy atom. The molecule has 0 fully saturated rings. The largest absolute Gasteiger partial charge is 0.294 e. The summed E-state index contributed by atoms with van der Waals surface area (Å²) >= 11 is 4.92. The van der Waals surface area contributed by atoms with Crippen LogP contribution in [0, 0.1) is 0 Å². The quantitative estimate of drug-likeness (QED) is 0.813. The Hall–Kier alpha value is -1.07. The van der Waals surface area contributed by atoms with Crippen molar-refractivity contribution in [3.8, 4) is 0 Å². The third-order valence-corrected chi connectivity index (χ3v) is 3.56. The molecule has 3 nitrogen and oxygen atoms in total. The first-order chi connectivity index (χ1) is 7.25. The molecule has 0 saturated heterocycles. The fraction of sp³-hybridized carbons (Fsp3) is 0.100. The molecule has 0 N–H and O–H groups in total. The maximum absolute atomic E-state index is 11.7. The third-order valence-electron chi connectivity index (χ3n) is 1.86. The summed E-state index contributed by atoms with van der Waals surface area (Å²) in [5.41, 5.74) is 0.606. The number of Topliss-reactive ketones (excluding diaryl/α,β-unsaturated/α-hetero) is 1. The van der Waals surface area contributed by atoms with Crippen molar-refractivity contribution in [2.75, 3.05) is 0 Å². The average molecular weight is 283 g/mol. The molecule has 76 valence electrons. The van der Waals surface area contributed by atoms with Crippen LogP contribution in [0.25, 0.3) is 0 Å². The van der Waals surface area contributed by atoms with E-state index >= 15 is 0 Å². The summed E-state index contributed by atoms with van der Waals surface area (Å²) in [6, 6.07) is 3.63. The highest BCUT2D eigenvalue weighted by atomic mass is 79.9. The maximum Gasteiger partial charge on any atom is 0.169 e. The van der Waals surface area contributed by atoms with Crippen LogP contribution in [0.1, 0.15) is 15.2 Å². The van der Waals surface area contributed by atoms with Crippen LogP contribution in [-0.2, 0) is 6.42 Å². The molecule has 2 aromatic heterocycles. The average Bonchev–Trinajstić information content (AvgIpc) is 2.65. The van der Waals surface area contributed by atoms with E-state index in [0.717, 1.165) is 9.35 Å². The van der Waals surface area contributed by atoms with Crippen molar-refractivity contribution in [1.29, 1.82) is 0 Å². The van der Waals surface area contributed by atoms with E-state index in [2.05, 4.69) is 26.1 Å². The number of hydrogen-bond acceptors (Lipinski definition) is 4. The van der Waals surface area contributed by atoms with Gasteiger partial charge in [-0.1, -0.05) is 0 Å². The predicted molar refractivity (Wildman–Crippen MR) is 62.1 cm³/mol. The van der Waals surface area contributed by atoms with E-state index in [0.29, 0.717) is 12.0 Å². The molecule has 0 unspecified atom stereocenters. The monoisotopic (exact) mass is 282 g/mol. The maximum atomic E-state index is 11.7. The van der Waals surface area contributed by atoms with Crippen LogP contribution in [0.3, 0.4) is 0 Å². The van der Waals surface area contributed by atoms with Gasteiger partial charge in [0.15, 0.2) is 5.78 Å². The number of halogens is 1. The minimum Gasteiger partial charge on any atom is -0.294 e. The fourth-order valence-corrected chi connectivity index (χ4v) is 2.61. The number of carbonyl (C=O) groups excluding carboxylic acids is 1. The fourth-order valence-electron chi connectivity index (χ4n) is 1.16. The Bertz CT molecular complexity index is 469. The van der Waals surface area contributed by atoms with Crippen LogP contribution in [0.5, 0.6) is 0 Å². The van der Waals surface area contributed by atoms with Gasteiger partial charge in [-0.15, -0.1) is 11.3 Å².